The Morgan fingerprint density at radius 1 is 1.42 bits per heavy atom. The summed E-state index contributed by atoms with van der Waals surface area (Å²) in [6, 6.07) is -0.154. The molecular weight excluding hydrogens is 152 g/mol. The lowest BCUT2D eigenvalue weighted by molar-refractivity contribution is 0.167. The Balaban J connectivity index is 2.46. The van der Waals surface area contributed by atoms with Crippen molar-refractivity contribution in [3.8, 4) is 0 Å². The summed E-state index contributed by atoms with van der Waals surface area (Å²) in [5.41, 5.74) is 7.06. The van der Waals surface area contributed by atoms with Crippen molar-refractivity contribution < 1.29 is 4.79 Å². The molecule has 0 saturated heterocycles. The first-order valence-corrected chi connectivity index (χ1v) is 4.78. The minimum absolute atomic E-state index is 0.355. The van der Waals surface area contributed by atoms with Crippen LogP contribution in [0.2, 0.25) is 0 Å². The molecule has 2 amide bonds. The third-order valence-corrected chi connectivity index (χ3v) is 2.62. The number of carbonyl (C=O) groups excluding carboxylic acids is 1. The molecule has 69 valence electrons. The van der Waals surface area contributed by atoms with Gasteiger partial charge in [-0.3, -0.25) is 0 Å². The minimum Gasteiger partial charge on any atom is -0.321 e. The molecule has 1 aliphatic carbocycles. The van der Waals surface area contributed by atoms with E-state index in [1.165, 1.54) is 19.3 Å². The zero-order valence-corrected chi connectivity index (χ0v) is 7.68. The van der Waals surface area contributed by atoms with Crippen molar-refractivity contribution >= 4 is 6.03 Å². The molecular formula is C9H17N2O. The van der Waals surface area contributed by atoms with Gasteiger partial charge in [0.1, 0.15) is 0 Å². The number of amides is 2. The molecule has 0 aromatic rings. The van der Waals surface area contributed by atoms with Gasteiger partial charge in [-0.2, -0.15) is 0 Å². The Morgan fingerprint density at radius 2 is 2.00 bits per heavy atom. The predicted octanol–water partition coefficient (Wildman–Crippen LogP) is 2.04. The first kappa shape index (κ1) is 9.36. The molecule has 0 unspecified atom stereocenters. The van der Waals surface area contributed by atoms with Crippen LogP contribution in [0.5, 0.6) is 0 Å². The lowest BCUT2D eigenvalue weighted by Gasteiger charge is -2.31. The summed E-state index contributed by atoms with van der Waals surface area (Å²) in [6.07, 6.45) is 5.92. The molecule has 1 fully saturated rings. The summed E-state index contributed by atoms with van der Waals surface area (Å²) >= 11 is 0. The van der Waals surface area contributed by atoms with E-state index in [1.807, 2.05) is 6.92 Å². The van der Waals surface area contributed by atoms with E-state index in [9.17, 15) is 4.79 Å². The Kier molecular flexibility index (Phi) is 3.38. The van der Waals surface area contributed by atoms with Crippen molar-refractivity contribution in [3.63, 3.8) is 0 Å². The van der Waals surface area contributed by atoms with Crippen LogP contribution < -0.4 is 5.73 Å². The summed E-state index contributed by atoms with van der Waals surface area (Å²) in [7, 11) is 0. The van der Waals surface area contributed by atoms with E-state index in [4.69, 9.17) is 5.73 Å². The standard InChI is InChI=1S/C9H17N2O/c1-2-11(9(10)12)8-6-4-3-5-7-8/h8,10H,2-7H2,1H3. The molecule has 1 saturated carbocycles. The van der Waals surface area contributed by atoms with Crippen molar-refractivity contribution in [2.75, 3.05) is 6.54 Å². The maximum Gasteiger partial charge on any atom is 0.336 e. The van der Waals surface area contributed by atoms with Gasteiger partial charge in [0.05, 0.1) is 0 Å². The summed E-state index contributed by atoms with van der Waals surface area (Å²) in [5, 5.41) is 0. The van der Waals surface area contributed by atoms with Gasteiger partial charge in [-0.1, -0.05) is 19.3 Å². The van der Waals surface area contributed by atoms with Crippen LogP contribution >= 0.6 is 0 Å². The van der Waals surface area contributed by atoms with Gasteiger partial charge in [-0.05, 0) is 19.8 Å². The van der Waals surface area contributed by atoms with Crippen LogP contribution in [0.15, 0.2) is 0 Å². The quantitative estimate of drug-likeness (QED) is 0.623. The zero-order valence-electron chi connectivity index (χ0n) is 7.68. The number of carbonyl (C=O) groups is 1. The van der Waals surface area contributed by atoms with E-state index in [1.54, 1.807) is 4.90 Å². The van der Waals surface area contributed by atoms with Crippen LogP contribution in [0.4, 0.5) is 4.79 Å². The molecule has 0 spiro atoms. The predicted molar refractivity (Wildman–Crippen MR) is 47.7 cm³/mol. The first-order chi connectivity index (χ1) is 5.75. The normalized spacial score (nSPS) is 19.1. The highest BCUT2D eigenvalue weighted by Crippen LogP contribution is 2.22. The van der Waals surface area contributed by atoms with Crippen molar-refractivity contribution in [1.82, 2.24) is 10.6 Å². The van der Waals surface area contributed by atoms with Crippen LogP contribution in [-0.4, -0.2) is 23.5 Å². The van der Waals surface area contributed by atoms with E-state index < -0.39 is 6.03 Å². The van der Waals surface area contributed by atoms with Gasteiger partial charge in [-0.15, -0.1) is 0 Å². The number of rotatable bonds is 2. The van der Waals surface area contributed by atoms with Gasteiger partial charge in [-0.25, -0.2) is 10.5 Å². The first-order valence-electron chi connectivity index (χ1n) is 4.78. The maximum absolute atomic E-state index is 10.9. The highest BCUT2D eigenvalue weighted by molar-refractivity contribution is 5.71. The fourth-order valence-corrected chi connectivity index (χ4v) is 1.96. The summed E-state index contributed by atoms with van der Waals surface area (Å²) in [5.74, 6) is 0. The fraction of sp³-hybridized carbons (Fsp3) is 0.889. The van der Waals surface area contributed by atoms with Gasteiger partial charge in [0.15, 0.2) is 0 Å². The van der Waals surface area contributed by atoms with Gasteiger partial charge in [0.2, 0.25) is 0 Å². The topological polar surface area (TPSA) is 44.1 Å². The van der Waals surface area contributed by atoms with Gasteiger partial charge in [0.25, 0.3) is 0 Å². The van der Waals surface area contributed by atoms with Crippen LogP contribution in [0.1, 0.15) is 39.0 Å². The maximum atomic E-state index is 10.9. The second kappa shape index (κ2) is 4.33. The van der Waals surface area contributed by atoms with Crippen molar-refractivity contribution in [2.24, 2.45) is 0 Å². The molecule has 1 aliphatic rings. The second-order valence-corrected chi connectivity index (χ2v) is 3.38. The minimum atomic E-state index is -0.510. The van der Waals surface area contributed by atoms with E-state index in [-0.39, 0.29) is 0 Å². The van der Waals surface area contributed by atoms with Crippen LogP contribution in [0.3, 0.4) is 0 Å². The molecule has 3 nitrogen and oxygen atoms in total. The lowest BCUT2D eigenvalue weighted by atomic mass is 9.94. The van der Waals surface area contributed by atoms with Gasteiger partial charge >= 0.3 is 6.03 Å². The van der Waals surface area contributed by atoms with Crippen molar-refractivity contribution in [3.05, 3.63) is 0 Å². The van der Waals surface area contributed by atoms with E-state index in [0.29, 0.717) is 12.6 Å². The second-order valence-electron chi connectivity index (χ2n) is 3.38. The van der Waals surface area contributed by atoms with Crippen molar-refractivity contribution in [2.45, 2.75) is 45.1 Å². The van der Waals surface area contributed by atoms with E-state index >= 15 is 0 Å². The zero-order chi connectivity index (χ0) is 8.97. The largest absolute Gasteiger partial charge is 0.336 e. The molecule has 0 aliphatic heterocycles. The van der Waals surface area contributed by atoms with Gasteiger partial charge < -0.3 is 4.90 Å². The van der Waals surface area contributed by atoms with Crippen molar-refractivity contribution in [1.29, 1.82) is 0 Å². The van der Waals surface area contributed by atoms with E-state index in [2.05, 4.69) is 0 Å². The molecule has 12 heavy (non-hydrogen) atoms. The molecule has 1 rings (SSSR count). The highest BCUT2D eigenvalue weighted by Gasteiger charge is 2.22. The summed E-state index contributed by atoms with van der Waals surface area (Å²) < 4.78 is 0. The third-order valence-electron chi connectivity index (χ3n) is 2.62. The third kappa shape index (κ3) is 2.13. The molecule has 0 bridgehead atoms. The number of hydrogen-bond donors (Lipinski definition) is 0. The number of nitrogens with one attached hydrogen (secondary N) is 1. The summed E-state index contributed by atoms with van der Waals surface area (Å²) in [6.45, 7) is 2.63. The lowest BCUT2D eigenvalue weighted by Crippen LogP contribution is -2.40. The number of urea groups is 1. The Bertz CT molecular complexity index is 153. The monoisotopic (exact) mass is 169 g/mol. The Hall–Kier alpha value is -0.730. The molecule has 0 aromatic carbocycles. The SMILES string of the molecule is CCN(C([NH])=O)C1CCCCC1. The number of hydrogen-bond acceptors (Lipinski definition) is 1. The molecule has 3 heteroatoms. The molecule has 0 aromatic heterocycles. The van der Waals surface area contributed by atoms with Crippen LogP contribution in [0, 0.1) is 0 Å². The average Bonchev–Trinajstić information content (AvgIpc) is 2.07. The highest BCUT2D eigenvalue weighted by atomic mass is 16.2. The molecule has 0 atom stereocenters. The molecule has 1 N–H and O–H groups in total. The smallest absolute Gasteiger partial charge is 0.321 e. The Labute approximate surface area is 73.9 Å². The molecule has 1 radical (unpaired) electrons. The van der Waals surface area contributed by atoms with E-state index in [0.717, 1.165) is 12.8 Å². The Morgan fingerprint density at radius 3 is 2.42 bits per heavy atom. The van der Waals surface area contributed by atoms with Crippen LogP contribution in [-0.2, 0) is 0 Å². The number of nitrogens with zero attached hydrogens (tertiary/aromatic N) is 1. The average molecular weight is 169 g/mol. The van der Waals surface area contributed by atoms with Crippen LogP contribution in [0.25, 0.3) is 0 Å². The fourth-order valence-electron chi connectivity index (χ4n) is 1.96. The molecule has 0 heterocycles. The van der Waals surface area contributed by atoms with Gasteiger partial charge in [0, 0.05) is 12.6 Å². The summed E-state index contributed by atoms with van der Waals surface area (Å²) in [4.78, 5) is 12.5.